The van der Waals surface area contributed by atoms with Gasteiger partial charge in [0, 0.05) is 0 Å². The molecule has 0 spiro atoms. The summed E-state index contributed by atoms with van der Waals surface area (Å²) in [7, 11) is -4.02. The van der Waals surface area contributed by atoms with Crippen molar-refractivity contribution >= 4 is 10.1 Å². The zero-order valence-corrected chi connectivity index (χ0v) is 9.64. The lowest BCUT2D eigenvalue weighted by atomic mass is 10.2. The van der Waals surface area contributed by atoms with Gasteiger partial charge in [-0.1, -0.05) is 17.7 Å². The molecule has 0 radical (unpaired) electrons. The van der Waals surface area contributed by atoms with Crippen LogP contribution in [0.25, 0.3) is 0 Å². The molecule has 1 heterocycles. The van der Waals surface area contributed by atoms with Gasteiger partial charge in [-0.25, -0.2) is 0 Å². The lowest BCUT2D eigenvalue weighted by molar-refractivity contribution is -0.0936. The summed E-state index contributed by atoms with van der Waals surface area (Å²) in [6.07, 6.45) is -0.157. The maximum Gasteiger partial charge on any atom is 0.294 e. The molecule has 0 bridgehead atoms. The van der Waals surface area contributed by atoms with E-state index in [-0.39, 0.29) is 11.0 Å². The molecule has 0 amide bonds. The Balaban J connectivity index is 0.000000212. The molecule has 1 saturated heterocycles. The number of ether oxygens (including phenoxy) is 1. The highest BCUT2D eigenvalue weighted by molar-refractivity contribution is 7.85. The fourth-order valence-corrected chi connectivity index (χ4v) is 1.41. The Kier molecular flexibility index (Phi) is 4.43. The highest BCUT2D eigenvalue weighted by Gasteiger charge is 2.12. The molecular weight excluding hydrogens is 232 g/mol. The molecule has 0 atom stereocenters. The summed E-state index contributed by atoms with van der Waals surface area (Å²) in [5, 5.41) is 8.32. The van der Waals surface area contributed by atoms with Gasteiger partial charge in [-0.15, -0.1) is 0 Å². The van der Waals surface area contributed by atoms with Crippen LogP contribution in [-0.2, 0) is 14.9 Å². The molecule has 2 rings (SSSR count). The van der Waals surface area contributed by atoms with Crippen LogP contribution in [0.15, 0.2) is 29.2 Å². The molecule has 1 aliphatic heterocycles. The van der Waals surface area contributed by atoms with Crippen LogP contribution in [-0.4, -0.2) is 37.4 Å². The SMILES string of the molecule is Cc1ccc(S(=O)(=O)O)cc1.OC1COC1. The van der Waals surface area contributed by atoms with Gasteiger partial charge in [-0.3, -0.25) is 4.55 Å². The Labute approximate surface area is 94.4 Å². The van der Waals surface area contributed by atoms with Crippen molar-refractivity contribution in [2.24, 2.45) is 0 Å². The molecule has 1 fully saturated rings. The van der Waals surface area contributed by atoms with Crippen LogP contribution in [0.5, 0.6) is 0 Å². The second-order valence-electron chi connectivity index (χ2n) is 3.48. The first-order valence-corrected chi connectivity index (χ1v) is 6.13. The van der Waals surface area contributed by atoms with E-state index in [1.54, 1.807) is 12.1 Å². The van der Waals surface area contributed by atoms with Crippen molar-refractivity contribution in [3.05, 3.63) is 29.8 Å². The van der Waals surface area contributed by atoms with Crippen molar-refractivity contribution in [3.63, 3.8) is 0 Å². The van der Waals surface area contributed by atoms with Crippen molar-refractivity contribution in [1.29, 1.82) is 0 Å². The minimum absolute atomic E-state index is 0.0666. The number of aliphatic hydroxyl groups excluding tert-OH is 1. The van der Waals surface area contributed by atoms with E-state index in [0.29, 0.717) is 13.2 Å². The summed E-state index contributed by atoms with van der Waals surface area (Å²) in [4.78, 5) is -0.0666. The fourth-order valence-electron chi connectivity index (χ4n) is 0.933. The van der Waals surface area contributed by atoms with Gasteiger partial charge in [0.1, 0.15) is 6.10 Å². The van der Waals surface area contributed by atoms with Crippen molar-refractivity contribution in [3.8, 4) is 0 Å². The second-order valence-corrected chi connectivity index (χ2v) is 4.90. The summed E-state index contributed by atoms with van der Waals surface area (Å²) in [5.41, 5.74) is 0.956. The molecule has 5 nitrogen and oxygen atoms in total. The Bertz CT molecular complexity index is 419. The van der Waals surface area contributed by atoms with Crippen LogP contribution < -0.4 is 0 Å². The molecule has 1 aliphatic rings. The Morgan fingerprint density at radius 1 is 1.25 bits per heavy atom. The monoisotopic (exact) mass is 246 g/mol. The summed E-state index contributed by atoms with van der Waals surface area (Å²) in [6, 6.07) is 5.99. The normalized spacial score (nSPS) is 15.9. The third-order valence-electron chi connectivity index (χ3n) is 1.94. The predicted octanol–water partition coefficient (Wildman–Crippen LogP) is 0.619. The molecule has 1 aromatic carbocycles. The molecular formula is C10H14O5S. The molecule has 16 heavy (non-hydrogen) atoms. The Morgan fingerprint density at radius 2 is 1.69 bits per heavy atom. The van der Waals surface area contributed by atoms with Gasteiger partial charge in [0.25, 0.3) is 10.1 Å². The fraction of sp³-hybridized carbons (Fsp3) is 0.400. The first-order chi connectivity index (χ1) is 7.39. The number of aliphatic hydroxyl groups is 1. The lowest BCUT2D eigenvalue weighted by Gasteiger charge is -2.18. The van der Waals surface area contributed by atoms with Gasteiger partial charge < -0.3 is 9.84 Å². The second kappa shape index (κ2) is 5.40. The van der Waals surface area contributed by atoms with Crippen molar-refractivity contribution in [2.75, 3.05) is 13.2 Å². The van der Waals surface area contributed by atoms with Crippen LogP contribution in [0.2, 0.25) is 0 Å². The molecule has 6 heteroatoms. The smallest absolute Gasteiger partial charge is 0.294 e. The van der Waals surface area contributed by atoms with Gasteiger partial charge >= 0.3 is 0 Å². The largest absolute Gasteiger partial charge is 0.388 e. The van der Waals surface area contributed by atoms with E-state index < -0.39 is 10.1 Å². The van der Waals surface area contributed by atoms with Gasteiger partial charge in [0.2, 0.25) is 0 Å². The van der Waals surface area contributed by atoms with Crippen LogP contribution in [0.3, 0.4) is 0 Å². The first kappa shape index (κ1) is 13.1. The minimum Gasteiger partial charge on any atom is -0.388 e. The maximum absolute atomic E-state index is 10.5. The van der Waals surface area contributed by atoms with Gasteiger partial charge in [0.05, 0.1) is 18.1 Å². The van der Waals surface area contributed by atoms with E-state index in [2.05, 4.69) is 4.74 Å². The zero-order valence-electron chi connectivity index (χ0n) is 8.83. The molecule has 0 saturated carbocycles. The third kappa shape index (κ3) is 4.28. The minimum atomic E-state index is -4.02. The Hall–Kier alpha value is -0.950. The quantitative estimate of drug-likeness (QED) is 0.710. The van der Waals surface area contributed by atoms with E-state index in [9.17, 15) is 8.42 Å². The molecule has 1 aromatic rings. The van der Waals surface area contributed by atoms with Crippen LogP contribution in [0.4, 0.5) is 0 Å². The van der Waals surface area contributed by atoms with E-state index in [1.165, 1.54) is 12.1 Å². The van der Waals surface area contributed by atoms with Gasteiger partial charge in [-0.2, -0.15) is 8.42 Å². The number of hydrogen-bond acceptors (Lipinski definition) is 4. The molecule has 2 N–H and O–H groups in total. The van der Waals surface area contributed by atoms with E-state index >= 15 is 0 Å². The van der Waals surface area contributed by atoms with E-state index in [4.69, 9.17) is 9.66 Å². The summed E-state index contributed by atoms with van der Waals surface area (Å²) < 4.78 is 34.1. The van der Waals surface area contributed by atoms with Crippen molar-refractivity contribution in [1.82, 2.24) is 0 Å². The number of rotatable bonds is 1. The molecule has 0 aromatic heterocycles. The van der Waals surface area contributed by atoms with Gasteiger partial charge in [-0.05, 0) is 19.1 Å². The predicted molar refractivity (Wildman–Crippen MR) is 57.8 cm³/mol. The first-order valence-electron chi connectivity index (χ1n) is 4.69. The number of aryl methyl sites for hydroxylation is 1. The molecule has 90 valence electrons. The van der Waals surface area contributed by atoms with Crippen molar-refractivity contribution < 1.29 is 22.8 Å². The van der Waals surface area contributed by atoms with Crippen molar-refractivity contribution in [2.45, 2.75) is 17.9 Å². The van der Waals surface area contributed by atoms with Gasteiger partial charge in [0.15, 0.2) is 0 Å². The highest BCUT2D eigenvalue weighted by Crippen LogP contribution is 2.08. The van der Waals surface area contributed by atoms with E-state index in [1.807, 2.05) is 6.92 Å². The maximum atomic E-state index is 10.5. The van der Waals surface area contributed by atoms with Crippen LogP contribution >= 0.6 is 0 Å². The average Bonchev–Trinajstić information content (AvgIpc) is 2.15. The molecule has 0 aliphatic carbocycles. The lowest BCUT2D eigenvalue weighted by Crippen LogP contribution is -2.32. The summed E-state index contributed by atoms with van der Waals surface area (Å²) in [5.74, 6) is 0. The summed E-state index contributed by atoms with van der Waals surface area (Å²) in [6.45, 7) is 2.92. The zero-order chi connectivity index (χ0) is 12.2. The standard InChI is InChI=1S/C7H8O3S.C3H6O2/c1-6-2-4-7(5-3-6)11(8,9)10;4-3-1-5-2-3/h2-5H,1H3,(H,8,9,10);3-4H,1-2H2. The van der Waals surface area contributed by atoms with Crippen LogP contribution in [0, 0.1) is 6.92 Å². The number of hydrogen-bond donors (Lipinski definition) is 2. The highest BCUT2D eigenvalue weighted by atomic mass is 32.2. The average molecular weight is 246 g/mol. The Morgan fingerprint density at radius 3 is 1.94 bits per heavy atom. The molecule has 0 unspecified atom stereocenters. The van der Waals surface area contributed by atoms with E-state index in [0.717, 1.165) is 5.56 Å². The van der Waals surface area contributed by atoms with Crippen LogP contribution in [0.1, 0.15) is 5.56 Å². The topological polar surface area (TPSA) is 83.8 Å². The summed E-state index contributed by atoms with van der Waals surface area (Å²) >= 11 is 0. The number of benzene rings is 1. The third-order valence-corrected chi connectivity index (χ3v) is 2.81.